The average Bonchev–Trinajstić information content (AvgIpc) is 3.18. The Kier molecular flexibility index (Phi) is 7.51. The van der Waals surface area contributed by atoms with E-state index in [1.165, 1.54) is 4.31 Å². The molecular formula is C25H34N4O5S. The van der Waals surface area contributed by atoms with Crippen LogP contribution in [0.25, 0.3) is 0 Å². The number of ether oxygens (including phenoxy) is 1. The van der Waals surface area contributed by atoms with Crippen molar-refractivity contribution in [3.05, 3.63) is 47.3 Å². The average molecular weight is 503 g/mol. The minimum Gasteiger partial charge on any atom is -0.462 e. The van der Waals surface area contributed by atoms with Crippen LogP contribution in [0.15, 0.2) is 35.2 Å². The van der Waals surface area contributed by atoms with Crippen molar-refractivity contribution in [2.45, 2.75) is 38.5 Å². The van der Waals surface area contributed by atoms with Crippen molar-refractivity contribution in [3.63, 3.8) is 0 Å². The number of hydrogen-bond donors (Lipinski definition) is 1. The van der Waals surface area contributed by atoms with Crippen LogP contribution < -0.4 is 4.90 Å². The molecule has 1 aromatic carbocycles. The Morgan fingerprint density at radius 2 is 1.71 bits per heavy atom. The first kappa shape index (κ1) is 25.2. The van der Waals surface area contributed by atoms with Gasteiger partial charge in [0.1, 0.15) is 10.5 Å². The van der Waals surface area contributed by atoms with Crippen LogP contribution in [0.4, 0.5) is 5.69 Å². The van der Waals surface area contributed by atoms with Crippen LogP contribution in [0.2, 0.25) is 0 Å². The van der Waals surface area contributed by atoms with E-state index in [1.807, 2.05) is 23.1 Å². The van der Waals surface area contributed by atoms with Gasteiger partial charge >= 0.3 is 5.97 Å². The Morgan fingerprint density at radius 3 is 2.37 bits per heavy atom. The summed E-state index contributed by atoms with van der Waals surface area (Å²) in [5.74, 6) is -1.05. The lowest BCUT2D eigenvalue weighted by Gasteiger charge is -2.39. The predicted octanol–water partition coefficient (Wildman–Crippen LogP) is 2.56. The third-order valence-corrected chi connectivity index (χ3v) is 8.88. The third kappa shape index (κ3) is 5.08. The first-order valence-electron chi connectivity index (χ1n) is 12.2. The summed E-state index contributed by atoms with van der Waals surface area (Å²) < 4.78 is 33.8. The monoisotopic (exact) mass is 502 g/mol. The van der Waals surface area contributed by atoms with Crippen LogP contribution in [0.1, 0.15) is 41.5 Å². The number of sulfonamides is 1. The molecular weight excluding hydrogens is 468 g/mol. The van der Waals surface area contributed by atoms with Crippen LogP contribution >= 0.6 is 0 Å². The van der Waals surface area contributed by atoms with Gasteiger partial charge in [-0.15, -0.1) is 0 Å². The van der Waals surface area contributed by atoms with E-state index in [4.69, 9.17) is 4.74 Å². The molecule has 3 heterocycles. The molecule has 35 heavy (non-hydrogen) atoms. The Hall–Kier alpha value is -2.85. The molecule has 2 fully saturated rings. The highest BCUT2D eigenvalue weighted by Crippen LogP contribution is 2.31. The molecule has 1 atom stereocenters. The van der Waals surface area contributed by atoms with E-state index >= 15 is 0 Å². The number of aromatic nitrogens is 1. The van der Waals surface area contributed by atoms with E-state index < -0.39 is 21.9 Å². The van der Waals surface area contributed by atoms with Crippen LogP contribution in [-0.4, -0.2) is 80.4 Å². The molecule has 0 saturated carbocycles. The standard InChI is InChI=1S/C25H34N4O5S/c1-4-34-25(31)22-18(2)26-19(3)23(22)35(32,33)29-12-8-9-20(17-29)24(30)28-15-13-27(14-16-28)21-10-6-5-7-11-21/h5-7,10-11,20,26H,4,8-9,12-17H2,1-3H3/t20-/m1/s1. The number of nitrogens with zero attached hydrogens (tertiary/aromatic N) is 3. The molecule has 0 bridgehead atoms. The maximum atomic E-state index is 13.7. The molecule has 0 aliphatic carbocycles. The van der Waals surface area contributed by atoms with Crippen molar-refractivity contribution < 1.29 is 22.7 Å². The van der Waals surface area contributed by atoms with E-state index in [2.05, 4.69) is 22.0 Å². The van der Waals surface area contributed by atoms with E-state index in [-0.39, 0.29) is 29.5 Å². The molecule has 190 valence electrons. The maximum Gasteiger partial charge on any atom is 0.341 e. The first-order valence-corrected chi connectivity index (χ1v) is 13.6. The summed E-state index contributed by atoms with van der Waals surface area (Å²) in [6, 6.07) is 10.1. The molecule has 9 nitrogen and oxygen atoms in total. The summed E-state index contributed by atoms with van der Waals surface area (Å²) >= 11 is 0. The summed E-state index contributed by atoms with van der Waals surface area (Å²) in [5, 5.41) is 0. The van der Waals surface area contributed by atoms with Gasteiger partial charge in [0.2, 0.25) is 15.9 Å². The summed E-state index contributed by atoms with van der Waals surface area (Å²) in [6.45, 7) is 8.29. The van der Waals surface area contributed by atoms with Crippen LogP contribution in [0, 0.1) is 19.8 Å². The smallest absolute Gasteiger partial charge is 0.341 e. The van der Waals surface area contributed by atoms with Gasteiger partial charge in [-0.3, -0.25) is 4.79 Å². The van der Waals surface area contributed by atoms with Crippen molar-refractivity contribution >= 4 is 27.6 Å². The van der Waals surface area contributed by atoms with E-state index in [1.54, 1.807) is 20.8 Å². The number of rotatable bonds is 6. The number of carbonyl (C=O) groups is 2. The minimum absolute atomic E-state index is 0.00481. The third-order valence-electron chi connectivity index (χ3n) is 6.84. The number of para-hydroxylation sites is 1. The number of piperazine rings is 1. The number of aromatic amines is 1. The Balaban J connectivity index is 1.47. The summed E-state index contributed by atoms with van der Waals surface area (Å²) in [7, 11) is -3.99. The largest absolute Gasteiger partial charge is 0.462 e. The molecule has 1 aromatic heterocycles. The molecule has 0 spiro atoms. The van der Waals surface area contributed by atoms with Gasteiger partial charge < -0.3 is 19.5 Å². The SMILES string of the molecule is CCOC(=O)c1c(C)[nH]c(C)c1S(=O)(=O)N1CCC[C@@H](C(=O)N2CCN(c3ccccc3)CC2)C1. The number of benzene rings is 1. The second kappa shape index (κ2) is 10.4. The van der Waals surface area contributed by atoms with Gasteiger partial charge in [-0.1, -0.05) is 18.2 Å². The van der Waals surface area contributed by atoms with Crippen molar-refractivity contribution in [1.29, 1.82) is 0 Å². The fourth-order valence-corrected chi connectivity index (χ4v) is 7.04. The van der Waals surface area contributed by atoms with Gasteiger partial charge in [-0.2, -0.15) is 4.31 Å². The molecule has 0 unspecified atom stereocenters. The number of esters is 1. The quantitative estimate of drug-likeness (QED) is 0.609. The van der Waals surface area contributed by atoms with Crippen LogP contribution in [0.5, 0.6) is 0 Å². The summed E-state index contributed by atoms with van der Waals surface area (Å²) in [5.41, 5.74) is 2.05. The molecule has 10 heteroatoms. The second-order valence-corrected chi connectivity index (χ2v) is 11.0. The molecule has 0 radical (unpaired) electrons. The Morgan fingerprint density at radius 1 is 1.03 bits per heavy atom. The molecule has 1 amide bonds. The molecule has 2 aromatic rings. The van der Waals surface area contributed by atoms with Gasteiger partial charge in [-0.05, 0) is 45.7 Å². The molecule has 2 aliphatic heterocycles. The number of amides is 1. The zero-order chi connectivity index (χ0) is 25.2. The lowest BCUT2D eigenvalue weighted by atomic mass is 9.97. The van der Waals surface area contributed by atoms with Crippen LogP contribution in [-0.2, 0) is 19.6 Å². The van der Waals surface area contributed by atoms with Gasteiger partial charge in [-0.25, -0.2) is 13.2 Å². The lowest BCUT2D eigenvalue weighted by molar-refractivity contribution is -0.137. The lowest BCUT2D eigenvalue weighted by Crippen LogP contribution is -2.53. The second-order valence-electron chi connectivity index (χ2n) is 9.15. The molecule has 4 rings (SSSR count). The number of anilines is 1. The number of H-pyrrole nitrogens is 1. The molecule has 1 N–H and O–H groups in total. The normalized spacial score (nSPS) is 19.6. The number of carbonyl (C=O) groups excluding carboxylic acids is 2. The number of aryl methyl sites for hydroxylation is 2. The van der Waals surface area contributed by atoms with Crippen molar-refractivity contribution in [1.82, 2.24) is 14.2 Å². The van der Waals surface area contributed by atoms with Crippen molar-refractivity contribution in [2.24, 2.45) is 5.92 Å². The van der Waals surface area contributed by atoms with E-state index in [9.17, 15) is 18.0 Å². The van der Waals surface area contributed by atoms with Gasteiger partial charge in [0, 0.05) is 56.3 Å². The predicted molar refractivity (Wildman–Crippen MR) is 133 cm³/mol. The summed E-state index contributed by atoms with van der Waals surface area (Å²) in [6.07, 6.45) is 1.25. The zero-order valence-electron chi connectivity index (χ0n) is 20.6. The topological polar surface area (TPSA) is 103 Å². The fourth-order valence-electron chi connectivity index (χ4n) is 5.10. The van der Waals surface area contributed by atoms with Crippen LogP contribution in [0.3, 0.4) is 0 Å². The number of piperidine rings is 1. The minimum atomic E-state index is -3.99. The number of hydrogen-bond acceptors (Lipinski definition) is 6. The zero-order valence-corrected chi connectivity index (χ0v) is 21.4. The van der Waals surface area contributed by atoms with Gasteiger partial charge in [0.25, 0.3) is 0 Å². The van der Waals surface area contributed by atoms with Crippen molar-refractivity contribution in [2.75, 3.05) is 50.8 Å². The van der Waals surface area contributed by atoms with Gasteiger partial charge in [0.05, 0.1) is 12.5 Å². The molecule has 2 saturated heterocycles. The molecule has 2 aliphatic rings. The van der Waals surface area contributed by atoms with Gasteiger partial charge in [0.15, 0.2) is 0 Å². The highest BCUT2D eigenvalue weighted by Gasteiger charge is 2.39. The Labute approximate surface area is 207 Å². The van der Waals surface area contributed by atoms with E-state index in [0.717, 1.165) is 18.8 Å². The highest BCUT2D eigenvalue weighted by atomic mass is 32.2. The highest BCUT2D eigenvalue weighted by molar-refractivity contribution is 7.89. The Bertz CT molecular complexity index is 1170. The summed E-state index contributed by atoms with van der Waals surface area (Å²) in [4.78, 5) is 32.9. The maximum absolute atomic E-state index is 13.7. The number of nitrogens with one attached hydrogen (secondary N) is 1. The fraction of sp³-hybridized carbons (Fsp3) is 0.520. The van der Waals surface area contributed by atoms with E-state index in [0.29, 0.717) is 43.9 Å². The van der Waals surface area contributed by atoms with Crippen molar-refractivity contribution in [3.8, 4) is 0 Å². The first-order chi connectivity index (χ1) is 16.7.